The molecule has 0 amide bonds. The van der Waals surface area contributed by atoms with Crippen molar-refractivity contribution in [2.45, 2.75) is 39.7 Å². The van der Waals surface area contributed by atoms with Crippen molar-refractivity contribution in [3.05, 3.63) is 30.1 Å². The van der Waals surface area contributed by atoms with Crippen molar-refractivity contribution in [1.29, 1.82) is 0 Å². The second-order valence-electron chi connectivity index (χ2n) is 4.56. The van der Waals surface area contributed by atoms with Gasteiger partial charge in [-0.2, -0.15) is 0 Å². The van der Waals surface area contributed by atoms with E-state index >= 15 is 0 Å². The summed E-state index contributed by atoms with van der Waals surface area (Å²) in [6, 6.07) is 4.80. The van der Waals surface area contributed by atoms with Gasteiger partial charge in [-0.05, 0) is 43.0 Å². The minimum absolute atomic E-state index is 0.595. The smallest absolute Gasteiger partial charge is 0.0270 e. The number of aromatic nitrogens is 1. The summed E-state index contributed by atoms with van der Waals surface area (Å²) in [4.78, 5) is 4.03. The lowest BCUT2D eigenvalue weighted by Crippen LogP contribution is -2.25. The van der Waals surface area contributed by atoms with E-state index in [2.05, 4.69) is 43.2 Å². The van der Waals surface area contributed by atoms with E-state index in [4.69, 9.17) is 0 Å². The fourth-order valence-corrected chi connectivity index (χ4v) is 1.64. The summed E-state index contributed by atoms with van der Waals surface area (Å²) >= 11 is 0. The van der Waals surface area contributed by atoms with Crippen molar-refractivity contribution < 1.29 is 0 Å². The summed E-state index contributed by atoms with van der Waals surface area (Å²) < 4.78 is 0. The quantitative estimate of drug-likeness (QED) is 0.774. The van der Waals surface area contributed by atoms with Crippen LogP contribution in [0.2, 0.25) is 0 Å². The Balaban J connectivity index is 2.21. The van der Waals surface area contributed by atoms with Crippen LogP contribution in [-0.2, 0) is 6.42 Å². The Labute approximate surface area is 93.1 Å². The summed E-state index contributed by atoms with van der Waals surface area (Å²) in [5.41, 5.74) is 1.39. The van der Waals surface area contributed by atoms with E-state index in [1.807, 2.05) is 12.4 Å². The molecule has 1 aromatic heterocycles. The highest BCUT2D eigenvalue weighted by Crippen LogP contribution is 2.10. The third-order valence-electron chi connectivity index (χ3n) is 2.52. The molecule has 1 aromatic rings. The standard InChI is InChI=1S/C13H22N2/c1-11(2)15-9-4-12(3)10-13-5-7-14-8-6-13/h5-8,11-12,15H,4,9-10H2,1-3H3. The second kappa shape index (κ2) is 6.57. The van der Waals surface area contributed by atoms with Crippen LogP contribution in [0.1, 0.15) is 32.8 Å². The number of hydrogen-bond donors (Lipinski definition) is 1. The van der Waals surface area contributed by atoms with Crippen LogP contribution in [0.15, 0.2) is 24.5 Å². The van der Waals surface area contributed by atoms with Crippen LogP contribution in [-0.4, -0.2) is 17.6 Å². The van der Waals surface area contributed by atoms with Gasteiger partial charge in [0, 0.05) is 18.4 Å². The van der Waals surface area contributed by atoms with E-state index in [-0.39, 0.29) is 0 Å². The van der Waals surface area contributed by atoms with Crippen molar-refractivity contribution in [2.24, 2.45) is 5.92 Å². The van der Waals surface area contributed by atoms with Gasteiger partial charge >= 0.3 is 0 Å². The van der Waals surface area contributed by atoms with Gasteiger partial charge in [0.15, 0.2) is 0 Å². The van der Waals surface area contributed by atoms with E-state index in [9.17, 15) is 0 Å². The average Bonchev–Trinajstić information content (AvgIpc) is 2.18. The number of hydrogen-bond acceptors (Lipinski definition) is 2. The van der Waals surface area contributed by atoms with Gasteiger partial charge in [-0.1, -0.05) is 20.8 Å². The predicted molar refractivity (Wildman–Crippen MR) is 64.9 cm³/mol. The lowest BCUT2D eigenvalue weighted by molar-refractivity contribution is 0.476. The van der Waals surface area contributed by atoms with Crippen LogP contribution >= 0.6 is 0 Å². The van der Waals surface area contributed by atoms with Crippen LogP contribution in [0.3, 0.4) is 0 Å². The lowest BCUT2D eigenvalue weighted by Gasteiger charge is -2.13. The van der Waals surface area contributed by atoms with E-state index in [1.54, 1.807) is 0 Å². The van der Waals surface area contributed by atoms with Gasteiger partial charge in [0.05, 0.1) is 0 Å². The van der Waals surface area contributed by atoms with E-state index in [0.717, 1.165) is 18.9 Å². The summed E-state index contributed by atoms with van der Waals surface area (Å²) in [7, 11) is 0. The van der Waals surface area contributed by atoms with Gasteiger partial charge in [-0.15, -0.1) is 0 Å². The van der Waals surface area contributed by atoms with Crippen LogP contribution in [0.4, 0.5) is 0 Å². The van der Waals surface area contributed by atoms with Crippen LogP contribution in [0, 0.1) is 5.92 Å². The first-order valence-corrected chi connectivity index (χ1v) is 5.80. The molecule has 0 saturated carbocycles. The topological polar surface area (TPSA) is 24.9 Å². The Bertz CT molecular complexity index is 256. The Morgan fingerprint density at radius 3 is 2.47 bits per heavy atom. The Kier molecular flexibility index (Phi) is 5.33. The van der Waals surface area contributed by atoms with Crippen molar-refractivity contribution in [3.8, 4) is 0 Å². The molecule has 0 aliphatic heterocycles. The van der Waals surface area contributed by atoms with Crippen molar-refractivity contribution in [1.82, 2.24) is 10.3 Å². The molecule has 2 nitrogen and oxygen atoms in total. The summed E-state index contributed by atoms with van der Waals surface area (Å²) in [5, 5.41) is 3.45. The first kappa shape index (κ1) is 12.2. The zero-order chi connectivity index (χ0) is 11.1. The molecule has 2 heteroatoms. The zero-order valence-electron chi connectivity index (χ0n) is 10.0. The Morgan fingerprint density at radius 2 is 1.87 bits per heavy atom. The third kappa shape index (κ3) is 5.53. The molecule has 0 fully saturated rings. The van der Waals surface area contributed by atoms with Crippen LogP contribution < -0.4 is 5.32 Å². The molecule has 0 saturated heterocycles. The fourth-order valence-electron chi connectivity index (χ4n) is 1.64. The summed E-state index contributed by atoms with van der Waals surface area (Å²) in [6.07, 6.45) is 6.13. The number of nitrogens with one attached hydrogen (secondary N) is 1. The Morgan fingerprint density at radius 1 is 1.20 bits per heavy atom. The maximum absolute atomic E-state index is 4.03. The maximum atomic E-state index is 4.03. The molecule has 1 atom stereocenters. The second-order valence-corrected chi connectivity index (χ2v) is 4.56. The minimum Gasteiger partial charge on any atom is -0.315 e. The molecule has 1 unspecified atom stereocenters. The van der Waals surface area contributed by atoms with Crippen LogP contribution in [0.25, 0.3) is 0 Å². The van der Waals surface area contributed by atoms with Gasteiger partial charge in [-0.25, -0.2) is 0 Å². The SMILES string of the molecule is CC(CCNC(C)C)Cc1ccncc1. The van der Waals surface area contributed by atoms with E-state index in [1.165, 1.54) is 12.0 Å². The minimum atomic E-state index is 0.595. The highest BCUT2D eigenvalue weighted by Gasteiger charge is 2.03. The van der Waals surface area contributed by atoms with E-state index in [0.29, 0.717) is 6.04 Å². The fraction of sp³-hybridized carbons (Fsp3) is 0.615. The van der Waals surface area contributed by atoms with Crippen molar-refractivity contribution in [2.75, 3.05) is 6.54 Å². The van der Waals surface area contributed by atoms with E-state index < -0.39 is 0 Å². The first-order valence-electron chi connectivity index (χ1n) is 5.80. The average molecular weight is 206 g/mol. The molecule has 0 aliphatic rings. The van der Waals surface area contributed by atoms with Crippen LogP contribution in [0.5, 0.6) is 0 Å². The highest BCUT2D eigenvalue weighted by molar-refractivity contribution is 5.10. The van der Waals surface area contributed by atoms with Crippen molar-refractivity contribution in [3.63, 3.8) is 0 Å². The predicted octanol–water partition coefficient (Wildman–Crippen LogP) is 2.65. The lowest BCUT2D eigenvalue weighted by atomic mass is 9.99. The molecule has 0 bridgehead atoms. The Hall–Kier alpha value is -0.890. The summed E-state index contributed by atoms with van der Waals surface area (Å²) in [5.74, 6) is 0.735. The molecule has 0 aromatic carbocycles. The third-order valence-corrected chi connectivity index (χ3v) is 2.52. The molecule has 1 N–H and O–H groups in total. The summed E-state index contributed by atoms with van der Waals surface area (Å²) in [6.45, 7) is 7.80. The van der Waals surface area contributed by atoms with Gasteiger partial charge in [0.1, 0.15) is 0 Å². The maximum Gasteiger partial charge on any atom is 0.0270 e. The molecular weight excluding hydrogens is 184 g/mol. The highest BCUT2D eigenvalue weighted by atomic mass is 14.9. The molecule has 0 radical (unpaired) electrons. The molecule has 1 heterocycles. The monoisotopic (exact) mass is 206 g/mol. The van der Waals surface area contributed by atoms with Crippen molar-refractivity contribution >= 4 is 0 Å². The van der Waals surface area contributed by atoms with Gasteiger partial charge in [-0.3, -0.25) is 4.98 Å². The van der Waals surface area contributed by atoms with Gasteiger partial charge in [0.2, 0.25) is 0 Å². The normalized spacial score (nSPS) is 13.1. The number of nitrogens with zero attached hydrogens (tertiary/aromatic N) is 1. The van der Waals surface area contributed by atoms with Gasteiger partial charge in [0.25, 0.3) is 0 Å². The molecule has 1 rings (SSSR count). The largest absolute Gasteiger partial charge is 0.315 e. The van der Waals surface area contributed by atoms with Gasteiger partial charge < -0.3 is 5.32 Å². The zero-order valence-corrected chi connectivity index (χ0v) is 10.0. The molecule has 0 aliphatic carbocycles. The molecular formula is C13H22N2. The first-order chi connectivity index (χ1) is 7.18. The molecule has 84 valence electrons. The molecule has 0 spiro atoms. The number of rotatable bonds is 6. The molecule has 15 heavy (non-hydrogen) atoms. The number of pyridine rings is 1.